The molecule has 0 saturated carbocycles. The van der Waals surface area contributed by atoms with E-state index in [4.69, 9.17) is 4.42 Å². The predicted molar refractivity (Wildman–Crippen MR) is 76.2 cm³/mol. The molecular weight excluding hydrogens is 308 g/mol. The molecule has 0 atom stereocenters. The van der Waals surface area contributed by atoms with Crippen LogP contribution in [0.15, 0.2) is 39.3 Å². The molecule has 1 aliphatic rings. The number of carbonyl (C=O) groups excluding carboxylic acids is 2. The Morgan fingerprint density at radius 2 is 1.61 bits per heavy atom. The molecule has 0 spiro atoms. The van der Waals surface area contributed by atoms with E-state index in [0.717, 1.165) is 24.3 Å². The van der Waals surface area contributed by atoms with E-state index in [1.165, 1.54) is 0 Å². The molecule has 0 fully saturated rings. The third-order valence-electron chi connectivity index (χ3n) is 3.23. The van der Waals surface area contributed by atoms with Crippen molar-refractivity contribution >= 4 is 28.1 Å². The Morgan fingerprint density at radius 1 is 0.913 bits per heavy atom. The molecular formula is C15H8O8. The number of aromatic hydroxyl groups is 3. The van der Waals surface area contributed by atoms with Crippen LogP contribution in [-0.2, 0) is 9.59 Å². The summed E-state index contributed by atoms with van der Waals surface area (Å²) >= 11 is 0. The first-order valence-electron chi connectivity index (χ1n) is 6.22. The molecule has 3 rings (SSSR count). The zero-order chi connectivity index (χ0) is 16.9. The van der Waals surface area contributed by atoms with Crippen molar-refractivity contribution in [2.45, 2.75) is 0 Å². The minimum Gasteiger partial charge on any atom is -0.508 e. The van der Waals surface area contributed by atoms with Gasteiger partial charge in [0.15, 0.2) is 11.5 Å². The monoisotopic (exact) mass is 316 g/mol. The van der Waals surface area contributed by atoms with Gasteiger partial charge < -0.3 is 24.8 Å². The van der Waals surface area contributed by atoms with Crippen LogP contribution in [0.2, 0.25) is 0 Å². The number of aliphatic hydroxyl groups is 1. The summed E-state index contributed by atoms with van der Waals surface area (Å²) in [5, 5.41) is 38.1. The number of phenols is 2. The van der Waals surface area contributed by atoms with E-state index in [-0.39, 0.29) is 16.5 Å². The number of aliphatic hydroxyl groups excluding tert-OH is 1. The van der Waals surface area contributed by atoms with Crippen molar-refractivity contribution < 1.29 is 34.4 Å². The van der Waals surface area contributed by atoms with E-state index in [0.29, 0.717) is 0 Å². The highest BCUT2D eigenvalue weighted by Crippen LogP contribution is 2.34. The van der Waals surface area contributed by atoms with Gasteiger partial charge in [-0.25, -0.2) is 0 Å². The molecule has 2 aromatic rings. The van der Waals surface area contributed by atoms with Gasteiger partial charge in [-0.3, -0.25) is 14.4 Å². The van der Waals surface area contributed by atoms with Crippen molar-refractivity contribution in [1.82, 2.24) is 0 Å². The number of Topliss-reactive ketones (excluding diaryl/α,β-unsaturated/α-hetero) is 1. The Morgan fingerprint density at radius 3 is 2.26 bits per heavy atom. The fourth-order valence-corrected chi connectivity index (χ4v) is 2.19. The van der Waals surface area contributed by atoms with Crippen LogP contribution in [0.3, 0.4) is 0 Å². The molecule has 1 aromatic heterocycles. The molecule has 0 saturated heterocycles. The van der Waals surface area contributed by atoms with Crippen LogP contribution in [0.25, 0.3) is 16.5 Å². The van der Waals surface area contributed by atoms with Crippen molar-refractivity contribution in [2.24, 2.45) is 0 Å². The van der Waals surface area contributed by atoms with Crippen LogP contribution >= 0.6 is 0 Å². The fourth-order valence-electron chi connectivity index (χ4n) is 2.19. The number of carbonyl (C=O) groups is 2. The lowest BCUT2D eigenvalue weighted by molar-refractivity contribution is -0.133. The van der Waals surface area contributed by atoms with Crippen LogP contribution in [0.1, 0.15) is 5.76 Å². The first-order valence-corrected chi connectivity index (χ1v) is 6.22. The molecule has 1 heterocycles. The van der Waals surface area contributed by atoms with Gasteiger partial charge in [0.1, 0.15) is 22.5 Å². The molecule has 1 aromatic carbocycles. The maximum Gasteiger partial charge on any atom is 0.267 e. The quantitative estimate of drug-likeness (QED) is 0.448. The van der Waals surface area contributed by atoms with Crippen LogP contribution < -0.4 is 5.43 Å². The lowest BCUT2D eigenvalue weighted by Gasteiger charge is -2.10. The minimum absolute atomic E-state index is 0.202. The zero-order valence-corrected chi connectivity index (χ0v) is 11.2. The van der Waals surface area contributed by atoms with Gasteiger partial charge >= 0.3 is 0 Å². The zero-order valence-electron chi connectivity index (χ0n) is 11.2. The third-order valence-corrected chi connectivity index (χ3v) is 3.23. The summed E-state index contributed by atoms with van der Waals surface area (Å²) in [6.45, 7) is 0. The molecule has 4 N–H and O–H groups in total. The number of phenolic OH excluding ortho intramolecular Hbond substituents is 2. The minimum atomic E-state index is -1.13. The first-order chi connectivity index (χ1) is 10.8. The first kappa shape index (κ1) is 14.4. The van der Waals surface area contributed by atoms with Gasteiger partial charge in [-0.2, -0.15) is 0 Å². The van der Waals surface area contributed by atoms with Crippen molar-refractivity contribution in [2.75, 3.05) is 0 Å². The van der Waals surface area contributed by atoms with Crippen molar-refractivity contribution in [1.29, 1.82) is 0 Å². The van der Waals surface area contributed by atoms with Gasteiger partial charge in [-0.1, -0.05) is 0 Å². The summed E-state index contributed by atoms with van der Waals surface area (Å²) in [5.41, 5.74) is -1.46. The summed E-state index contributed by atoms with van der Waals surface area (Å²) in [5.74, 6) is -5.45. The number of hydrogen-bond acceptors (Lipinski definition) is 8. The van der Waals surface area contributed by atoms with Crippen LogP contribution in [0, 0.1) is 0 Å². The summed E-state index contributed by atoms with van der Waals surface area (Å²) in [4.78, 5) is 34.8. The largest absolute Gasteiger partial charge is 0.508 e. The lowest BCUT2D eigenvalue weighted by atomic mass is 10.00. The molecule has 1 aliphatic carbocycles. The van der Waals surface area contributed by atoms with Crippen LogP contribution in [0.4, 0.5) is 0 Å². The Kier molecular flexibility index (Phi) is 2.96. The molecule has 116 valence electrons. The number of allylic oxidation sites excluding steroid dienone is 4. The highest BCUT2D eigenvalue weighted by Gasteiger charge is 2.26. The van der Waals surface area contributed by atoms with Gasteiger partial charge in [-0.05, 0) is 6.08 Å². The fraction of sp³-hybridized carbons (Fsp3) is 0. The maximum absolute atomic E-state index is 12.1. The number of fused-ring (bicyclic) bond motifs is 1. The molecule has 0 unspecified atom stereocenters. The number of ketones is 2. The topological polar surface area (TPSA) is 145 Å². The molecule has 0 aliphatic heterocycles. The van der Waals surface area contributed by atoms with E-state index in [1.54, 1.807) is 0 Å². The van der Waals surface area contributed by atoms with E-state index >= 15 is 0 Å². The van der Waals surface area contributed by atoms with Crippen molar-refractivity contribution in [3.05, 3.63) is 46.0 Å². The summed E-state index contributed by atoms with van der Waals surface area (Å²) in [6.07, 6.45) is 1.64. The van der Waals surface area contributed by atoms with Crippen LogP contribution in [0.5, 0.6) is 17.2 Å². The SMILES string of the molecule is O=C1C=C(c2oc3cc(O)cc(O)c3c(=O)c2O)C=C(O)C1=O. The second-order valence-corrected chi connectivity index (χ2v) is 4.77. The van der Waals surface area contributed by atoms with Gasteiger partial charge in [0.05, 0.1) is 0 Å². The predicted octanol–water partition coefficient (Wildman–Crippen LogP) is 0.887. The van der Waals surface area contributed by atoms with Gasteiger partial charge in [-0.15, -0.1) is 0 Å². The second-order valence-electron chi connectivity index (χ2n) is 4.77. The Hall–Kier alpha value is -3.55. The van der Waals surface area contributed by atoms with Crippen molar-refractivity contribution in [3.63, 3.8) is 0 Å². The molecule has 23 heavy (non-hydrogen) atoms. The van der Waals surface area contributed by atoms with Gasteiger partial charge in [0.25, 0.3) is 5.78 Å². The molecule has 0 amide bonds. The number of hydrogen-bond donors (Lipinski definition) is 4. The summed E-state index contributed by atoms with van der Waals surface area (Å²) < 4.78 is 5.25. The standard InChI is InChI=1S/C15H8O8/c16-6-3-7(17)11-10(4-6)23-15(14(22)13(11)21)5-1-8(18)12(20)9(19)2-5/h1-4,16-18,22H. The van der Waals surface area contributed by atoms with E-state index in [1.807, 2.05) is 0 Å². The summed E-state index contributed by atoms with van der Waals surface area (Å²) in [7, 11) is 0. The Balaban J connectivity index is 2.34. The molecule has 0 radical (unpaired) electrons. The number of benzene rings is 1. The van der Waals surface area contributed by atoms with E-state index < -0.39 is 45.8 Å². The van der Waals surface area contributed by atoms with Gasteiger partial charge in [0.2, 0.25) is 17.0 Å². The molecule has 0 bridgehead atoms. The third kappa shape index (κ3) is 2.13. The average molecular weight is 316 g/mol. The summed E-state index contributed by atoms with van der Waals surface area (Å²) in [6, 6.07) is 1.92. The van der Waals surface area contributed by atoms with Crippen LogP contribution in [-0.4, -0.2) is 32.0 Å². The molecule has 8 nitrogen and oxygen atoms in total. The van der Waals surface area contributed by atoms with E-state index in [2.05, 4.69) is 0 Å². The lowest BCUT2D eigenvalue weighted by Crippen LogP contribution is -2.18. The van der Waals surface area contributed by atoms with Crippen molar-refractivity contribution in [3.8, 4) is 17.2 Å². The highest BCUT2D eigenvalue weighted by atomic mass is 16.4. The average Bonchev–Trinajstić information content (AvgIpc) is 2.47. The smallest absolute Gasteiger partial charge is 0.267 e. The highest BCUT2D eigenvalue weighted by molar-refractivity contribution is 6.49. The number of rotatable bonds is 1. The van der Waals surface area contributed by atoms with Gasteiger partial charge in [0, 0.05) is 23.8 Å². The Bertz CT molecular complexity index is 1010. The molecule has 8 heteroatoms. The second kappa shape index (κ2) is 4.73. The Labute approximate surface area is 126 Å². The van der Waals surface area contributed by atoms with E-state index in [9.17, 15) is 34.8 Å². The normalized spacial score (nSPS) is 14.8. The maximum atomic E-state index is 12.1.